The van der Waals surface area contributed by atoms with Crippen LogP contribution in [-0.2, 0) is 6.54 Å². The average Bonchev–Trinajstić information content (AvgIpc) is 2.82. The topological polar surface area (TPSA) is 106 Å². The standard InChI is InChI=1S/C12H15N5O2/c1-7-16-11(19-17-7)6-15-10-5-8(12(18)14-2)3-4-9(10)13/h3-5,15H,6,13H2,1-2H3,(H,14,18). The predicted molar refractivity (Wildman–Crippen MR) is 70.6 cm³/mol. The number of nitrogens with zero attached hydrogens (tertiary/aromatic N) is 2. The molecule has 0 atom stereocenters. The Morgan fingerprint density at radius 2 is 2.26 bits per heavy atom. The summed E-state index contributed by atoms with van der Waals surface area (Å²) >= 11 is 0. The highest BCUT2D eigenvalue weighted by atomic mass is 16.5. The van der Waals surface area contributed by atoms with E-state index in [2.05, 4.69) is 20.8 Å². The summed E-state index contributed by atoms with van der Waals surface area (Å²) in [6.45, 7) is 2.09. The van der Waals surface area contributed by atoms with E-state index in [4.69, 9.17) is 10.3 Å². The zero-order valence-electron chi connectivity index (χ0n) is 10.7. The summed E-state index contributed by atoms with van der Waals surface area (Å²) in [4.78, 5) is 15.6. The smallest absolute Gasteiger partial charge is 0.251 e. The number of nitrogens with two attached hydrogens (primary N) is 1. The minimum Gasteiger partial charge on any atom is -0.397 e. The molecule has 0 saturated carbocycles. The summed E-state index contributed by atoms with van der Waals surface area (Å²) in [6, 6.07) is 5.01. The number of aryl methyl sites for hydroxylation is 1. The third-order valence-electron chi connectivity index (χ3n) is 2.54. The first-order valence-electron chi connectivity index (χ1n) is 5.75. The van der Waals surface area contributed by atoms with Crippen LogP contribution in [0.5, 0.6) is 0 Å². The number of aromatic nitrogens is 2. The largest absolute Gasteiger partial charge is 0.397 e. The minimum absolute atomic E-state index is 0.170. The van der Waals surface area contributed by atoms with Gasteiger partial charge in [-0.1, -0.05) is 5.16 Å². The van der Waals surface area contributed by atoms with Crippen LogP contribution in [0.25, 0.3) is 0 Å². The highest BCUT2D eigenvalue weighted by Gasteiger charge is 2.08. The van der Waals surface area contributed by atoms with E-state index in [1.165, 1.54) is 0 Å². The number of rotatable bonds is 4. The number of nitrogens with one attached hydrogen (secondary N) is 2. The molecule has 100 valence electrons. The van der Waals surface area contributed by atoms with Crippen LogP contribution in [0.4, 0.5) is 11.4 Å². The number of nitrogen functional groups attached to an aromatic ring is 1. The molecule has 2 aromatic rings. The zero-order valence-corrected chi connectivity index (χ0v) is 10.7. The molecule has 0 saturated heterocycles. The van der Waals surface area contributed by atoms with Gasteiger partial charge in [-0.3, -0.25) is 4.79 Å². The van der Waals surface area contributed by atoms with E-state index < -0.39 is 0 Å². The van der Waals surface area contributed by atoms with Crippen LogP contribution in [0.1, 0.15) is 22.1 Å². The van der Waals surface area contributed by atoms with Crippen LogP contribution in [-0.4, -0.2) is 23.1 Å². The van der Waals surface area contributed by atoms with Gasteiger partial charge in [0, 0.05) is 12.6 Å². The average molecular weight is 261 g/mol. The number of carbonyl (C=O) groups excluding carboxylic acids is 1. The Kier molecular flexibility index (Phi) is 3.65. The molecular weight excluding hydrogens is 246 g/mol. The molecule has 1 aromatic heterocycles. The fraction of sp³-hybridized carbons (Fsp3) is 0.250. The maximum atomic E-state index is 11.5. The Morgan fingerprint density at radius 3 is 2.89 bits per heavy atom. The van der Waals surface area contributed by atoms with Gasteiger partial charge >= 0.3 is 0 Å². The lowest BCUT2D eigenvalue weighted by Crippen LogP contribution is -2.18. The summed E-state index contributed by atoms with van der Waals surface area (Å²) in [5.41, 5.74) is 7.56. The van der Waals surface area contributed by atoms with E-state index in [-0.39, 0.29) is 5.91 Å². The van der Waals surface area contributed by atoms with Gasteiger partial charge in [-0.05, 0) is 25.1 Å². The van der Waals surface area contributed by atoms with Crippen LogP contribution in [0, 0.1) is 6.92 Å². The number of hydrogen-bond acceptors (Lipinski definition) is 6. The molecule has 4 N–H and O–H groups in total. The number of anilines is 2. The van der Waals surface area contributed by atoms with E-state index in [9.17, 15) is 4.79 Å². The summed E-state index contributed by atoms with van der Waals surface area (Å²) in [5.74, 6) is 0.864. The van der Waals surface area contributed by atoms with Gasteiger partial charge < -0.3 is 20.9 Å². The van der Waals surface area contributed by atoms with Crippen molar-refractivity contribution in [3.63, 3.8) is 0 Å². The van der Waals surface area contributed by atoms with Crippen LogP contribution in [0.15, 0.2) is 22.7 Å². The lowest BCUT2D eigenvalue weighted by atomic mass is 10.1. The van der Waals surface area contributed by atoms with Gasteiger partial charge in [0.2, 0.25) is 5.89 Å². The number of carbonyl (C=O) groups is 1. The Balaban J connectivity index is 2.12. The van der Waals surface area contributed by atoms with Gasteiger partial charge in [0.25, 0.3) is 5.91 Å². The lowest BCUT2D eigenvalue weighted by Gasteiger charge is -2.09. The fourth-order valence-electron chi connectivity index (χ4n) is 1.58. The summed E-state index contributed by atoms with van der Waals surface area (Å²) in [5, 5.41) is 9.31. The van der Waals surface area contributed by atoms with E-state index in [0.29, 0.717) is 35.2 Å². The monoisotopic (exact) mass is 261 g/mol. The van der Waals surface area contributed by atoms with E-state index in [1.807, 2.05) is 0 Å². The molecule has 0 unspecified atom stereocenters. The molecule has 0 bridgehead atoms. The molecule has 1 amide bonds. The van der Waals surface area contributed by atoms with Crippen LogP contribution < -0.4 is 16.4 Å². The SMILES string of the molecule is CNC(=O)c1ccc(N)c(NCc2nc(C)no2)c1. The molecule has 0 aliphatic carbocycles. The summed E-state index contributed by atoms with van der Waals surface area (Å²) in [7, 11) is 1.58. The summed E-state index contributed by atoms with van der Waals surface area (Å²) in [6.07, 6.45) is 0. The number of amides is 1. The first-order chi connectivity index (χ1) is 9.10. The first-order valence-corrected chi connectivity index (χ1v) is 5.75. The van der Waals surface area contributed by atoms with Gasteiger partial charge in [-0.15, -0.1) is 0 Å². The predicted octanol–water partition coefficient (Wildman–Crippen LogP) is 0.932. The summed E-state index contributed by atoms with van der Waals surface area (Å²) < 4.78 is 4.98. The van der Waals surface area contributed by atoms with Crippen LogP contribution >= 0.6 is 0 Å². The molecule has 1 heterocycles. The van der Waals surface area contributed by atoms with Gasteiger partial charge in [0.05, 0.1) is 17.9 Å². The molecule has 19 heavy (non-hydrogen) atoms. The third-order valence-corrected chi connectivity index (χ3v) is 2.54. The number of hydrogen-bond donors (Lipinski definition) is 3. The maximum Gasteiger partial charge on any atom is 0.251 e. The lowest BCUT2D eigenvalue weighted by molar-refractivity contribution is 0.0963. The second-order valence-electron chi connectivity index (χ2n) is 3.97. The molecule has 1 aromatic carbocycles. The molecule has 2 rings (SSSR count). The normalized spacial score (nSPS) is 10.2. The van der Waals surface area contributed by atoms with Gasteiger partial charge in [-0.2, -0.15) is 4.98 Å². The molecule has 7 heteroatoms. The molecule has 0 fully saturated rings. The van der Waals surface area contributed by atoms with Crippen molar-refractivity contribution < 1.29 is 9.32 Å². The number of benzene rings is 1. The highest BCUT2D eigenvalue weighted by Crippen LogP contribution is 2.20. The zero-order chi connectivity index (χ0) is 13.8. The van der Waals surface area contributed by atoms with Crippen molar-refractivity contribution in [3.8, 4) is 0 Å². The van der Waals surface area contributed by atoms with E-state index in [0.717, 1.165) is 0 Å². The Labute approximate surface area is 110 Å². The van der Waals surface area contributed by atoms with Crippen molar-refractivity contribution in [1.29, 1.82) is 0 Å². The Bertz CT molecular complexity index is 594. The molecule has 0 aliphatic rings. The van der Waals surface area contributed by atoms with Crippen LogP contribution in [0.3, 0.4) is 0 Å². The van der Waals surface area contributed by atoms with Crippen LogP contribution in [0.2, 0.25) is 0 Å². The van der Waals surface area contributed by atoms with E-state index >= 15 is 0 Å². The first kappa shape index (κ1) is 12.9. The van der Waals surface area contributed by atoms with Crippen molar-refractivity contribution in [3.05, 3.63) is 35.5 Å². The molecular formula is C12H15N5O2. The van der Waals surface area contributed by atoms with Crippen molar-refractivity contribution in [2.24, 2.45) is 0 Å². The van der Waals surface area contributed by atoms with Crippen molar-refractivity contribution >= 4 is 17.3 Å². The quantitative estimate of drug-likeness (QED) is 0.707. The molecule has 0 spiro atoms. The minimum atomic E-state index is -0.170. The van der Waals surface area contributed by atoms with Crippen molar-refractivity contribution in [2.45, 2.75) is 13.5 Å². The molecule has 0 radical (unpaired) electrons. The molecule has 7 nitrogen and oxygen atoms in total. The Morgan fingerprint density at radius 1 is 1.47 bits per heavy atom. The van der Waals surface area contributed by atoms with Crippen molar-refractivity contribution in [2.75, 3.05) is 18.1 Å². The maximum absolute atomic E-state index is 11.5. The van der Waals surface area contributed by atoms with Gasteiger partial charge in [0.1, 0.15) is 0 Å². The molecule has 0 aliphatic heterocycles. The van der Waals surface area contributed by atoms with Gasteiger partial charge in [0.15, 0.2) is 5.82 Å². The van der Waals surface area contributed by atoms with E-state index in [1.54, 1.807) is 32.2 Å². The third kappa shape index (κ3) is 3.01. The highest BCUT2D eigenvalue weighted by molar-refractivity contribution is 5.96. The van der Waals surface area contributed by atoms with Crippen molar-refractivity contribution in [1.82, 2.24) is 15.5 Å². The Hall–Kier alpha value is -2.57. The second kappa shape index (κ2) is 5.38. The fourth-order valence-corrected chi connectivity index (χ4v) is 1.58. The second-order valence-corrected chi connectivity index (χ2v) is 3.97. The van der Waals surface area contributed by atoms with Gasteiger partial charge in [-0.25, -0.2) is 0 Å².